The van der Waals surface area contributed by atoms with Crippen LogP contribution in [0.15, 0.2) is 30.3 Å². The van der Waals surface area contributed by atoms with E-state index in [1.54, 1.807) is 18.2 Å². The van der Waals surface area contributed by atoms with Gasteiger partial charge in [-0.3, -0.25) is 14.5 Å². The normalized spacial score (nSPS) is 13.5. The van der Waals surface area contributed by atoms with E-state index in [4.69, 9.17) is 46.4 Å². The first-order valence-corrected chi connectivity index (χ1v) is 7.94. The minimum atomic E-state index is -0.450. The molecule has 0 saturated heterocycles. The Morgan fingerprint density at radius 3 is 2.00 bits per heavy atom. The lowest BCUT2D eigenvalue weighted by Gasteiger charge is -2.16. The third-order valence-corrected chi connectivity index (χ3v) is 4.93. The highest BCUT2D eigenvalue weighted by Crippen LogP contribution is 2.32. The van der Waals surface area contributed by atoms with E-state index in [1.807, 2.05) is 0 Å². The minimum Gasteiger partial charge on any atom is -0.366 e. The number of hydrogen-bond acceptors (Lipinski definition) is 3. The lowest BCUT2D eigenvalue weighted by atomic mass is 10.1. The number of hydrogen-bond donors (Lipinski definition) is 1. The van der Waals surface area contributed by atoms with E-state index in [2.05, 4.69) is 5.32 Å². The molecule has 4 nitrogen and oxygen atoms in total. The summed E-state index contributed by atoms with van der Waals surface area (Å²) in [6.45, 7) is -0.0539. The van der Waals surface area contributed by atoms with Crippen molar-refractivity contribution in [1.82, 2.24) is 4.90 Å². The van der Waals surface area contributed by atoms with Gasteiger partial charge in [0, 0.05) is 0 Å². The Morgan fingerprint density at radius 2 is 1.43 bits per heavy atom. The minimum absolute atomic E-state index is 0.0539. The third-order valence-electron chi connectivity index (χ3n) is 3.39. The monoisotopic (exact) mass is 388 g/mol. The number of halogens is 4. The molecule has 0 fully saturated rings. The molecule has 118 valence electrons. The van der Waals surface area contributed by atoms with Crippen molar-refractivity contribution < 1.29 is 9.59 Å². The van der Waals surface area contributed by atoms with Gasteiger partial charge in [0.2, 0.25) is 0 Å². The van der Waals surface area contributed by atoms with Crippen molar-refractivity contribution in [3.05, 3.63) is 61.5 Å². The second kappa shape index (κ2) is 6.21. The van der Waals surface area contributed by atoms with Crippen molar-refractivity contribution in [2.75, 3.05) is 12.0 Å². The van der Waals surface area contributed by atoms with Gasteiger partial charge >= 0.3 is 0 Å². The van der Waals surface area contributed by atoms with Crippen LogP contribution in [0, 0.1) is 0 Å². The Kier molecular flexibility index (Phi) is 4.43. The van der Waals surface area contributed by atoms with Gasteiger partial charge < -0.3 is 5.32 Å². The molecule has 23 heavy (non-hydrogen) atoms. The summed E-state index contributed by atoms with van der Waals surface area (Å²) in [6.07, 6.45) is 0. The van der Waals surface area contributed by atoms with Crippen LogP contribution in [0.5, 0.6) is 0 Å². The number of imide groups is 1. The standard InChI is InChI=1S/C15H8Cl4N2O2/c16-9-2-1-3-12(13(9)19)20-6-21-14(22)7-4-10(17)11(18)5-8(7)15(21)23/h1-5,20H,6H2. The zero-order valence-electron chi connectivity index (χ0n) is 11.4. The van der Waals surface area contributed by atoms with Crippen LogP contribution in [0.1, 0.15) is 20.7 Å². The summed E-state index contributed by atoms with van der Waals surface area (Å²) in [7, 11) is 0. The predicted octanol–water partition coefficient (Wildman–Crippen LogP) is 4.97. The Morgan fingerprint density at radius 1 is 0.870 bits per heavy atom. The van der Waals surface area contributed by atoms with Gasteiger partial charge in [0.15, 0.2) is 0 Å². The van der Waals surface area contributed by atoms with Crippen LogP contribution >= 0.6 is 46.4 Å². The smallest absolute Gasteiger partial charge is 0.263 e. The molecule has 8 heteroatoms. The lowest BCUT2D eigenvalue weighted by Crippen LogP contribution is -2.34. The molecule has 0 spiro atoms. The van der Waals surface area contributed by atoms with Crippen LogP contribution in [0.3, 0.4) is 0 Å². The predicted molar refractivity (Wildman–Crippen MR) is 91.9 cm³/mol. The van der Waals surface area contributed by atoms with Crippen molar-refractivity contribution in [3.63, 3.8) is 0 Å². The fourth-order valence-corrected chi connectivity index (χ4v) is 2.93. The molecule has 0 radical (unpaired) electrons. The first-order valence-electron chi connectivity index (χ1n) is 6.43. The molecule has 2 amide bonds. The van der Waals surface area contributed by atoms with Gasteiger partial charge in [0.1, 0.15) is 0 Å². The second-order valence-electron chi connectivity index (χ2n) is 4.79. The van der Waals surface area contributed by atoms with Gasteiger partial charge in [-0.1, -0.05) is 52.5 Å². The lowest BCUT2D eigenvalue weighted by molar-refractivity contribution is 0.0666. The van der Waals surface area contributed by atoms with E-state index in [-0.39, 0.29) is 27.8 Å². The van der Waals surface area contributed by atoms with Crippen LogP contribution in [0.2, 0.25) is 20.1 Å². The summed E-state index contributed by atoms with van der Waals surface area (Å²) in [4.78, 5) is 25.7. The van der Waals surface area contributed by atoms with Crippen LogP contribution in [-0.4, -0.2) is 23.4 Å². The number of nitrogens with zero attached hydrogens (tertiary/aromatic N) is 1. The van der Waals surface area contributed by atoms with Gasteiger partial charge in [-0.2, -0.15) is 0 Å². The molecule has 0 bridgehead atoms. The molecule has 0 saturated carbocycles. The van der Waals surface area contributed by atoms with Gasteiger partial charge in [-0.05, 0) is 24.3 Å². The molecule has 0 unspecified atom stereocenters. The largest absolute Gasteiger partial charge is 0.366 e. The van der Waals surface area contributed by atoms with E-state index < -0.39 is 11.8 Å². The fraction of sp³-hybridized carbons (Fsp3) is 0.0667. The van der Waals surface area contributed by atoms with Crippen molar-refractivity contribution in [2.45, 2.75) is 0 Å². The Bertz CT molecular complexity index is 797. The molecule has 3 rings (SSSR count). The number of anilines is 1. The van der Waals surface area contributed by atoms with Gasteiger partial charge in [-0.25, -0.2) is 0 Å². The SMILES string of the molecule is O=C1c2cc(Cl)c(Cl)cc2C(=O)N1CNc1cccc(Cl)c1Cl. The maximum atomic E-state index is 12.3. The number of benzene rings is 2. The molecule has 1 N–H and O–H groups in total. The van der Waals surface area contributed by atoms with Crippen molar-refractivity contribution in [1.29, 1.82) is 0 Å². The first-order chi connectivity index (χ1) is 10.9. The quantitative estimate of drug-likeness (QED) is 0.754. The van der Waals surface area contributed by atoms with E-state index in [0.29, 0.717) is 15.7 Å². The number of rotatable bonds is 3. The fourth-order valence-electron chi connectivity index (χ4n) is 2.23. The topological polar surface area (TPSA) is 49.4 Å². The van der Waals surface area contributed by atoms with Crippen LogP contribution < -0.4 is 5.32 Å². The Balaban J connectivity index is 1.84. The van der Waals surface area contributed by atoms with Crippen LogP contribution in [0.25, 0.3) is 0 Å². The molecule has 2 aromatic rings. The molecular formula is C15H8Cl4N2O2. The number of nitrogens with one attached hydrogen (secondary N) is 1. The Labute approximate surface area is 151 Å². The number of amides is 2. The average Bonchev–Trinajstić information content (AvgIpc) is 2.73. The molecule has 1 heterocycles. The molecule has 2 aromatic carbocycles. The zero-order valence-corrected chi connectivity index (χ0v) is 14.4. The number of carbonyl (C=O) groups is 2. The average molecular weight is 390 g/mol. The first kappa shape index (κ1) is 16.4. The zero-order chi connectivity index (χ0) is 16.7. The van der Waals surface area contributed by atoms with Crippen LogP contribution in [0.4, 0.5) is 5.69 Å². The molecule has 0 aromatic heterocycles. The van der Waals surface area contributed by atoms with E-state index in [1.165, 1.54) is 12.1 Å². The third kappa shape index (κ3) is 2.88. The van der Waals surface area contributed by atoms with Crippen molar-refractivity contribution in [2.24, 2.45) is 0 Å². The summed E-state index contributed by atoms with van der Waals surface area (Å²) in [5.74, 6) is -0.900. The maximum Gasteiger partial charge on any atom is 0.263 e. The maximum absolute atomic E-state index is 12.3. The highest BCUT2D eigenvalue weighted by Gasteiger charge is 2.36. The number of carbonyl (C=O) groups excluding carboxylic acids is 2. The van der Waals surface area contributed by atoms with E-state index >= 15 is 0 Å². The molecule has 0 atom stereocenters. The highest BCUT2D eigenvalue weighted by molar-refractivity contribution is 6.44. The van der Waals surface area contributed by atoms with Crippen LogP contribution in [-0.2, 0) is 0 Å². The molecular weight excluding hydrogens is 382 g/mol. The highest BCUT2D eigenvalue weighted by atomic mass is 35.5. The summed E-state index contributed by atoms with van der Waals surface area (Å²) >= 11 is 23.8. The summed E-state index contributed by atoms with van der Waals surface area (Å²) in [6, 6.07) is 7.83. The second-order valence-corrected chi connectivity index (χ2v) is 6.39. The van der Waals surface area contributed by atoms with E-state index in [9.17, 15) is 9.59 Å². The van der Waals surface area contributed by atoms with Gasteiger partial charge in [0.25, 0.3) is 11.8 Å². The van der Waals surface area contributed by atoms with E-state index in [0.717, 1.165) is 4.90 Å². The molecule has 1 aliphatic heterocycles. The van der Waals surface area contributed by atoms with Crippen molar-refractivity contribution in [3.8, 4) is 0 Å². The molecule has 0 aliphatic carbocycles. The Hall–Kier alpha value is -1.46. The summed E-state index contributed by atoms with van der Waals surface area (Å²) in [5.41, 5.74) is 0.971. The molecule has 1 aliphatic rings. The van der Waals surface area contributed by atoms with Gasteiger partial charge in [0.05, 0.1) is 43.6 Å². The van der Waals surface area contributed by atoms with Crippen molar-refractivity contribution >= 4 is 63.9 Å². The summed E-state index contributed by atoms with van der Waals surface area (Å²) < 4.78 is 0. The number of fused-ring (bicyclic) bond motifs is 1. The summed E-state index contributed by atoms with van der Waals surface area (Å²) in [5, 5.41) is 4.05. The van der Waals surface area contributed by atoms with Gasteiger partial charge in [-0.15, -0.1) is 0 Å².